The highest BCUT2D eigenvalue weighted by atomic mass is 35.7. The Morgan fingerprint density at radius 3 is 1.64 bits per heavy atom. The first-order chi connectivity index (χ1) is 12.3. The van der Waals surface area contributed by atoms with Gasteiger partial charge < -0.3 is 9.05 Å². The lowest BCUT2D eigenvalue weighted by Gasteiger charge is -2.23. The molecule has 2 nitrogen and oxygen atoms in total. The zero-order valence-corrected chi connectivity index (χ0v) is 14.9. The van der Waals surface area contributed by atoms with E-state index in [0.717, 1.165) is 50.6 Å². The average molecular weight is 365 g/mol. The fraction of sp³-hybridized carbons (Fsp3) is 0.0476. The Morgan fingerprint density at radius 2 is 1.12 bits per heavy atom. The molecule has 0 bridgehead atoms. The van der Waals surface area contributed by atoms with E-state index in [1.165, 1.54) is 0 Å². The Morgan fingerprint density at radius 1 is 0.640 bits per heavy atom. The molecule has 0 amide bonds. The molecule has 0 unspecified atom stereocenters. The van der Waals surface area contributed by atoms with Gasteiger partial charge in [0.25, 0.3) is 0 Å². The van der Waals surface area contributed by atoms with Crippen LogP contribution in [0.1, 0.15) is 11.1 Å². The lowest BCUT2D eigenvalue weighted by Crippen LogP contribution is -2.03. The van der Waals surface area contributed by atoms with E-state index in [2.05, 4.69) is 48.5 Å². The maximum absolute atomic E-state index is 6.47. The molecule has 0 radical (unpaired) electrons. The summed E-state index contributed by atoms with van der Waals surface area (Å²) in [7, 11) is -1.58. The fourth-order valence-electron chi connectivity index (χ4n) is 3.44. The third-order valence-corrected chi connectivity index (χ3v) is 5.70. The van der Waals surface area contributed by atoms with Gasteiger partial charge in [-0.2, -0.15) is 0 Å². The first-order valence-corrected chi connectivity index (χ1v) is 10.2. The predicted molar refractivity (Wildman–Crippen MR) is 105 cm³/mol. The van der Waals surface area contributed by atoms with Crippen molar-refractivity contribution >= 4 is 40.5 Å². The van der Waals surface area contributed by atoms with E-state index in [9.17, 15) is 0 Å². The summed E-state index contributed by atoms with van der Waals surface area (Å²) < 4.78 is 12.1. The standard InChI is InChI=1S/C21H14ClO2P/c22-25-23-20-16(11-9-14-5-1-3-7-18(14)20)13-17-12-10-15-6-2-4-8-19(15)21(17)24-25/h1-12H,13H2. The van der Waals surface area contributed by atoms with Crippen LogP contribution in [0.15, 0.2) is 72.8 Å². The first-order valence-electron chi connectivity index (χ1n) is 8.13. The second-order valence-electron chi connectivity index (χ2n) is 6.12. The van der Waals surface area contributed by atoms with E-state index in [4.69, 9.17) is 20.3 Å². The van der Waals surface area contributed by atoms with Gasteiger partial charge in [-0.1, -0.05) is 72.8 Å². The average Bonchev–Trinajstić information content (AvgIpc) is 2.63. The van der Waals surface area contributed by atoms with Gasteiger partial charge in [0.05, 0.1) is 0 Å². The summed E-state index contributed by atoms with van der Waals surface area (Å²) in [6.07, 6.45) is 0.750. The van der Waals surface area contributed by atoms with Crippen molar-refractivity contribution in [3.63, 3.8) is 0 Å². The highest BCUT2D eigenvalue weighted by Gasteiger charge is 2.23. The molecule has 0 N–H and O–H groups in total. The zero-order valence-electron chi connectivity index (χ0n) is 13.3. The van der Waals surface area contributed by atoms with Gasteiger partial charge in [0, 0.05) is 17.2 Å². The van der Waals surface area contributed by atoms with Crippen molar-refractivity contribution in [3.05, 3.63) is 83.9 Å². The Bertz CT molecular complexity index is 1020. The first kappa shape index (κ1) is 15.0. The van der Waals surface area contributed by atoms with Gasteiger partial charge in [0.1, 0.15) is 11.5 Å². The molecule has 1 heterocycles. The number of rotatable bonds is 0. The van der Waals surface area contributed by atoms with Gasteiger partial charge in [-0.05, 0) is 33.1 Å². The molecule has 122 valence electrons. The van der Waals surface area contributed by atoms with E-state index < -0.39 is 7.73 Å². The highest BCUT2D eigenvalue weighted by molar-refractivity contribution is 7.76. The van der Waals surface area contributed by atoms with E-state index in [1.807, 2.05) is 24.3 Å². The van der Waals surface area contributed by atoms with Crippen LogP contribution in [-0.4, -0.2) is 0 Å². The van der Waals surface area contributed by atoms with E-state index >= 15 is 0 Å². The molecule has 5 rings (SSSR count). The number of hydrogen-bond acceptors (Lipinski definition) is 2. The molecule has 4 aromatic carbocycles. The molecule has 0 saturated carbocycles. The molecule has 0 saturated heterocycles. The summed E-state index contributed by atoms with van der Waals surface area (Å²) in [5, 5.41) is 4.42. The maximum Gasteiger partial charge on any atom is 0.401 e. The SMILES string of the molecule is ClP1Oc2c(ccc3ccccc23)Cc2ccc3ccccc3c2O1. The predicted octanol–water partition coefficient (Wildman–Crippen LogP) is 6.82. The van der Waals surface area contributed by atoms with Gasteiger partial charge in [-0.15, -0.1) is 0 Å². The van der Waals surface area contributed by atoms with Gasteiger partial charge in [-0.3, -0.25) is 0 Å². The minimum atomic E-state index is -1.58. The zero-order chi connectivity index (χ0) is 16.8. The van der Waals surface area contributed by atoms with Crippen LogP contribution in [0.4, 0.5) is 0 Å². The van der Waals surface area contributed by atoms with Crippen molar-refractivity contribution in [3.8, 4) is 11.5 Å². The van der Waals surface area contributed by atoms with E-state index in [-0.39, 0.29) is 0 Å². The molecule has 0 spiro atoms. The summed E-state index contributed by atoms with van der Waals surface area (Å²) in [6.45, 7) is 0. The lowest BCUT2D eigenvalue weighted by atomic mass is 9.97. The van der Waals surface area contributed by atoms with Crippen LogP contribution in [0.2, 0.25) is 0 Å². The van der Waals surface area contributed by atoms with Gasteiger partial charge >= 0.3 is 7.73 Å². The Balaban J connectivity index is 1.75. The van der Waals surface area contributed by atoms with Gasteiger partial charge in [-0.25, -0.2) is 0 Å². The fourth-order valence-corrected chi connectivity index (χ4v) is 4.61. The van der Waals surface area contributed by atoms with Crippen molar-refractivity contribution < 1.29 is 9.05 Å². The highest BCUT2D eigenvalue weighted by Crippen LogP contribution is 2.52. The lowest BCUT2D eigenvalue weighted by molar-refractivity contribution is 0.501. The van der Waals surface area contributed by atoms with Crippen LogP contribution in [0, 0.1) is 0 Å². The molecule has 25 heavy (non-hydrogen) atoms. The van der Waals surface area contributed by atoms with Crippen molar-refractivity contribution in [2.24, 2.45) is 0 Å². The number of benzene rings is 4. The molecule has 1 aliphatic rings. The third kappa shape index (κ3) is 2.54. The van der Waals surface area contributed by atoms with Crippen molar-refractivity contribution in [2.45, 2.75) is 6.42 Å². The summed E-state index contributed by atoms with van der Waals surface area (Å²) >= 11 is 6.47. The number of fused-ring (bicyclic) bond motifs is 6. The molecule has 0 aliphatic carbocycles. The van der Waals surface area contributed by atoms with Crippen molar-refractivity contribution in [1.29, 1.82) is 0 Å². The summed E-state index contributed by atoms with van der Waals surface area (Å²) in [6, 6.07) is 24.9. The molecular formula is C21H14ClO2P. The maximum atomic E-state index is 6.47. The van der Waals surface area contributed by atoms with E-state index in [0.29, 0.717) is 0 Å². The van der Waals surface area contributed by atoms with Crippen LogP contribution in [0.5, 0.6) is 11.5 Å². The summed E-state index contributed by atoms with van der Waals surface area (Å²) in [4.78, 5) is 0. The topological polar surface area (TPSA) is 18.5 Å². The van der Waals surface area contributed by atoms with Crippen LogP contribution in [-0.2, 0) is 6.42 Å². The number of halogens is 1. The van der Waals surface area contributed by atoms with E-state index in [1.54, 1.807) is 0 Å². The molecule has 4 heteroatoms. The minimum Gasteiger partial charge on any atom is -0.426 e. The van der Waals surface area contributed by atoms with Crippen LogP contribution >= 0.6 is 19.0 Å². The third-order valence-electron chi connectivity index (χ3n) is 4.63. The number of hydrogen-bond donors (Lipinski definition) is 0. The monoisotopic (exact) mass is 364 g/mol. The van der Waals surface area contributed by atoms with Crippen molar-refractivity contribution in [2.75, 3.05) is 0 Å². The quantitative estimate of drug-likeness (QED) is 0.319. The smallest absolute Gasteiger partial charge is 0.401 e. The van der Waals surface area contributed by atoms with Crippen LogP contribution < -0.4 is 9.05 Å². The normalized spacial score (nSPS) is 14.1. The van der Waals surface area contributed by atoms with Crippen molar-refractivity contribution in [1.82, 2.24) is 0 Å². The largest absolute Gasteiger partial charge is 0.426 e. The van der Waals surface area contributed by atoms with Gasteiger partial charge in [0.15, 0.2) is 0 Å². The molecule has 0 atom stereocenters. The minimum absolute atomic E-state index is 0.750. The second-order valence-corrected chi connectivity index (χ2v) is 7.74. The Labute approximate surface area is 151 Å². The summed E-state index contributed by atoms with van der Waals surface area (Å²) in [5.41, 5.74) is 2.26. The summed E-state index contributed by atoms with van der Waals surface area (Å²) in [5.74, 6) is 1.66. The van der Waals surface area contributed by atoms with Crippen LogP contribution in [0.3, 0.4) is 0 Å². The Kier molecular flexibility index (Phi) is 3.55. The Hall–Kier alpha value is -2.28. The molecule has 0 aromatic heterocycles. The van der Waals surface area contributed by atoms with Gasteiger partial charge in [0.2, 0.25) is 0 Å². The molecular weight excluding hydrogens is 351 g/mol. The molecule has 4 aromatic rings. The molecule has 1 aliphatic heterocycles. The second kappa shape index (κ2) is 5.91. The van der Waals surface area contributed by atoms with Crippen LogP contribution in [0.25, 0.3) is 21.5 Å². The molecule has 0 fully saturated rings.